The summed E-state index contributed by atoms with van der Waals surface area (Å²) in [5, 5.41) is 13.7. The number of carbonyl (C=O) groups is 1. The summed E-state index contributed by atoms with van der Waals surface area (Å²) in [6, 6.07) is 10.1. The first kappa shape index (κ1) is 14.1. The zero-order valence-electron chi connectivity index (χ0n) is 12.2. The van der Waals surface area contributed by atoms with Crippen molar-refractivity contribution in [1.29, 1.82) is 0 Å². The maximum atomic E-state index is 11.2. The number of rotatable bonds is 5. The summed E-state index contributed by atoms with van der Waals surface area (Å²) in [4.78, 5) is 11.2. The van der Waals surface area contributed by atoms with E-state index in [2.05, 4.69) is 18.3 Å². The van der Waals surface area contributed by atoms with E-state index >= 15 is 0 Å². The topological polar surface area (TPSA) is 62.5 Å². The van der Waals surface area contributed by atoms with Gasteiger partial charge >= 0.3 is 5.97 Å². The molecule has 0 amide bonds. The van der Waals surface area contributed by atoms with Crippen LogP contribution < -0.4 is 5.32 Å². The van der Waals surface area contributed by atoms with Gasteiger partial charge in [-0.25, -0.2) is 0 Å². The molecular weight excluding hydrogens is 266 g/mol. The number of aliphatic carboxylic acids is 1. The predicted octanol–water partition coefficient (Wildman–Crippen LogP) is 3.58. The second kappa shape index (κ2) is 5.90. The molecule has 4 nitrogen and oxygen atoms in total. The Morgan fingerprint density at radius 2 is 2.24 bits per heavy atom. The molecule has 3 unspecified atom stereocenters. The van der Waals surface area contributed by atoms with Gasteiger partial charge in [0.2, 0.25) is 0 Å². The van der Waals surface area contributed by atoms with E-state index < -0.39 is 5.97 Å². The van der Waals surface area contributed by atoms with Gasteiger partial charge in [0.25, 0.3) is 0 Å². The molecule has 112 valence electrons. The van der Waals surface area contributed by atoms with Crippen molar-refractivity contribution in [3.63, 3.8) is 0 Å². The Kier molecular flexibility index (Phi) is 3.97. The Morgan fingerprint density at radius 1 is 1.43 bits per heavy atom. The Morgan fingerprint density at radius 3 is 3.00 bits per heavy atom. The van der Waals surface area contributed by atoms with E-state index in [1.807, 2.05) is 24.3 Å². The van der Waals surface area contributed by atoms with Crippen LogP contribution in [0.3, 0.4) is 0 Å². The fourth-order valence-electron chi connectivity index (χ4n) is 3.25. The number of carboxylic acids is 1. The lowest BCUT2D eigenvalue weighted by Crippen LogP contribution is -2.30. The molecule has 1 aliphatic rings. The molecule has 1 aliphatic carbocycles. The Hall–Kier alpha value is -1.81. The Balaban J connectivity index is 1.63. The average Bonchev–Trinajstić information content (AvgIpc) is 3.10. The van der Waals surface area contributed by atoms with Crippen LogP contribution in [0.15, 0.2) is 34.7 Å². The van der Waals surface area contributed by atoms with Gasteiger partial charge in [0.05, 0.1) is 12.0 Å². The lowest BCUT2D eigenvalue weighted by molar-refractivity contribution is -0.142. The molecule has 1 heterocycles. The number of carboxylic acid groups (broad SMARTS) is 1. The SMILES string of the molecule is CC(NCC1CCCC1C(=O)O)c1cc2ccccc2o1. The van der Waals surface area contributed by atoms with Crippen molar-refractivity contribution in [3.8, 4) is 0 Å². The number of hydrogen-bond acceptors (Lipinski definition) is 3. The number of furan rings is 1. The molecule has 1 aromatic heterocycles. The molecule has 2 N–H and O–H groups in total. The number of para-hydroxylation sites is 1. The third-order valence-corrected chi connectivity index (χ3v) is 4.53. The van der Waals surface area contributed by atoms with Crippen molar-refractivity contribution in [2.75, 3.05) is 6.54 Å². The molecule has 2 aromatic rings. The van der Waals surface area contributed by atoms with Crippen molar-refractivity contribution in [1.82, 2.24) is 5.32 Å². The molecule has 3 atom stereocenters. The molecule has 1 saturated carbocycles. The summed E-state index contributed by atoms with van der Waals surface area (Å²) in [6.07, 6.45) is 2.82. The van der Waals surface area contributed by atoms with Gasteiger partial charge in [0, 0.05) is 5.39 Å². The highest BCUT2D eigenvalue weighted by Gasteiger charge is 2.32. The maximum absolute atomic E-state index is 11.2. The Bertz CT molecular complexity index is 601. The fraction of sp³-hybridized carbons (Fsp3) is 0.471. The van der Waals surface area contributed by atoms with Crippen LogP contribution in [0.2, 0.25) is 0 Å². The van der Waals surface area contributed by atoms with Crippen molar-refractivity contribution in [2.24, 2.45) is 11.8 Å². The molecule has 3 rings (SSSR count). The van der Waals surface area contributed by atoms with Gasteiger partial charge in [-0.2, -0.15) is 0 Å². The van der Waals surface area contributed by atoms with Gasteiger partial charge in [-0.15, -0.1) is 0 Å². The van der Waals surface area contributed by atoms with E-state index in [4.69, 9.17) is 4.42 Å². The maximum Gasteiger partial charge on any atom is 0.306 e. The monoisotopic (exact) mass is 287 g/mol. The minimum Gasteiger partial charge on any atom is -0.481 e. The third kappa shape index (κ3) is 2.95. The molecule has 0 spiro atoms. The van der Waals surface area contributed by atoms with Crippen LogP contribution in [0.1, 0.15) is 38.0 Å². The van der Waals surface area contributed by atoms with Crippen LogP contribution in [0.25, 0.3) is 11.0 Å². The molecule has 0 bridgehead atoms. The van der Waals surface area contributed by atoms with Crippen molar-refractivity contribution in [3.05, 3.63) is 36.1 Å². The molecule has 0 aliphatic heterocycles. The van der Waals surface area contributed by atoms with E-state index in [0.717, 1.165) is 42.5 Å². The lowest BCUT2D eigenvalue weighted by atomic mass is 9.96. The molecule has 1 fully saturated rings. The van der Waals surface area contributed by atoms with Crippen LogP contribution in [-0.4, -0.2) is 17.6 Å². The molecule has 0 saturated heterocycles. The predicted molar refractivity (Wildman–Crippen MR) is 81.1 cm³/mol. The van der Waals surface area contributed by atoms with Crippen molar-refractivity contribution < 1.29 is 14.3 Å². The molecule has 21 heavy (non-hydrogen) atoms. The summed E-state index contributed by atoms with van der Waals surface area (Å²) in [7, 11) is 0. The summed E-state index contributed by atoms with van der Waals surface area (Å²) >= 11 is 0. The van der Waals surface area contributed by atoms with Crippen LogP contribution in [0, 0.1) is 11.8 Å². The van der Waals surface area contributed by atoms with Gasteiger partial charge in [0.1, 0.15) is 11.3 Å². The van der Waals surface area contributed by atoms with Crippen LogP contribution in [0.4, 0.5) is 0 Å². The summed E-state index contributed by atoms with van der Waals surface area (Å²) in [5.41, 5.74) is 0.894. The van der Waals surface area contributed by atoms with Gasteiger partial charge < -0.3 is 14.8 Å². The standard InChI is InChI=1S/C17H21NO3/c1-11(16-9-12-5-2-3-8-15(12)21-16)18-10-13-6-4-7-14(13)17(19)20/h2-3,5,8-9,11,13-14,18H,4,6-7,10H2,1H3,(H,19,20). The van der Waals surface area contributed by atoms with E-state index in [1.54, 1.807) is 0 Å². The zero-order valence-corrected chi connectivity index (χ0v) is 12.2. The lowest BCUT2D eigenvalue weighted by Gasteiger charge is -2.19. The van der Waals surface area contributed by atoms with Crippen LogP contribution in [-0.2, 0) is 4.79 Å². The second-order valence-corrected chi connectivity index (χ2v) is 5.95. The van der Waals surface area contributed by atoms with E-state index in [1.165, 1.54) is 0 Å². The normalized spacial score (nSPS) is 23.5. The highest BCUT2D eigenvalue weighted by molar-refractivity contribution is 5.77. The van der Waals surface area contributed by atoms with Crippen molar-refractivity contribution >= 4 is 16.9 Å². The Labute approximate surface area is 124 Å². The molecule has 4 heteroatoms. The van der Waals surface area contributed by atoms with Gasteiger partial charge in [-0.3, -0.25) is 4.79 Å². The summed E-state index contributed by atoms with van der Waals surface area (Å²) < 4.78 is 5.84. The molecule has 1 aromatic carbocycles. The van der Waals surface area contributed by atoms with Crippen LogP contribution in [0.5, 0.6) is 0 Å². The van der Waals surface area contributed by atoms with E-state index in [-0.39, 0.29) is 17.9 Å². The van der Waals surface area contributed by atoms with E-state index in [9.17, 15) is 9.90 Å². The van der Waals surface area contributed by atoms with Crippen LogP contribution >= 0.6 is 0 Å². The first-order valence-corrected chi connectivity index (χ1v) is 7.60. The average molecular weight is 287 g/mol. The molecule has 0 radical (unpaired) electrons. The number of nitrogens with one attached hydrogen (secondary N) is 1. The fourth-order valence-corrected chi connectivity index (χ4v) is 3.25. The van der Waals surface area contributed by atoms with Gasteiger partial charge in [-0.1, -0.05) is 24.6 Å². The number of fused-ring (bicyclic) bond motifs is 1. The quantitative estimate of drug-likeness (QED) is 0.882. The first-order chi connectivity index (χ1) is 10.1. The number of hydrogen-bond donors (Lipinski definition) is 2. The largest absolute Gasteiger partial charge is 0.481 e. The zero-order chi connectivity index (χ0) is 14.8. The second-order valence-electron chi connectivity index (χ2n) is 5.95. The molecular formula is C17H21NO3. The van der Waals surface area contributed by atoms with E-state index in [0.29, 0.717) is 0 Å². The van der Waals surface area contributed by atoms with Crippen molar-refractivity contribution in [2.45, 2.75) is 32.2 Å². The minimum atomic E-state index is -0.657. The summed E-state index contributed by atoms with van der Waals surface area (Å²) in [5.74, 6) is 0.284. The first-order valence-electron chi connectivity index (χ1n) is 7.60. The third-order valence-electron chi connectivity index (χ3n) is 4.53. The van der Waals surface area contributed by atoms with Gasteiger partial charge in [-0.05, 0) is 44.4 Å². The minimum absolute atomic E-state index is 0.0902. The summed E-state index contributed by atoms with van der Waals surface area (Å²) in [6.45, 7) is 2.79. The van der Waals surface area contributed by atoms with Gasteiger partial charge in [0.15, 0.2) is 0 Å². The smallest absolute Gasteiger partial charge is 0.306 e. The highest BCUT2D eigenvalue weighted by atomic mass is 16.4. The highest BCUT2D eigenvalue weighted by Crippen LogP contribution is 2.32. The number of benzene rings is 1.